The third kappa shape index (κ3) is 2.22. The summed E-state index contributed by atoms with van der Waals surface area (Å²) in [5, 5.41) is 7.45. The predicted octanol–water partition coefficient (Wildman–Crippen LogP) is 3.13. The SMILES string of the molecule is Cc1noc(C)c1CNCc1cc2c(s1)CCC2. The number of hydrogen-bond acceptors (Lipinski definition) is 4. The maximum Gasteiger partial charge on any atom is 0.138 e. The van der Waals surface area contributed by atoms with Gasteiger partial charge in [0.1, 0.15) is 5.76 Å². The quantitative estimate of drug-likeness (QED) is 0.920. The number of nitrogens with one attached hydrogen (secondary N) is 1. The minimum Gasteiger partial charge on any atom is -0.361 e. The summed E-state index contributed by atoms with van der Waals surface area (Å²) in [4.78, 5) is 3.05. The van der Waals surface area contributed by atoms with Crippen LogP contribution in [0.15, 0.2) is 10.6 Å². The lowest BCUT2D eigenvalue weighted by atomic mass is 10.2. The van der Waals surface area contributed by atoms with E-state index in [0.29, 0.717) is 0 Å². The van der Waals surface area contributed by atoms with Gasteiger partial charge in [0.2, 0.25) is 0 Å². The highest BCUT2D eigenvalue weighted by Gasteiger charge is 2.14. The first-order valence-corrected chi connectivity index (χ1v) is 7.28. The molecule has 1 aliphatic rings. The van der Waals surface area contributed by atoms with Crippen LogP contribution in [0.1, 0.15) is 38.8 Å². The normalized spacial score (nSPS) is 14.1. The van der Waals surface area contributed by atoms with Gasteiger partial charge in [0.05, 0.1) is 5.69 Å². The smallest absolute Gasteiger partial charge is 0.138 e. The van der Waals surface area contributed by atoms with E-state index >= 15 is 0 Å². The van der Waals surface area contributed by atoms with Gasteiger partial charge in [0.25, 0.3) is 0 Å². The minimum absolute atomic E-state index is 0.837. The van der Waals surface area contributed by atoms with Gasteiger partial charge < -0.3 is 9.84 Å². The Hall–Kier alpha value is -1.13. The lowest BCUT2D eigenvalue weighted by Gasteiger charge is -2.02. The van der Waals surface area contributed by atoms with Gasteiger partial charge in [-0.1, -0.05) is 5.16 Å². The molecule has 0 atom stereocenters. The van der Waals surface area contributed by atoms with Crippen LogP contribution in [0.4, 0.5) is 0 Å². The summed E-state index contributed by atoms with van der Waals surface area (Å²) in [6.07, 6.45) is 3.90. The van der Waals surface area contributed by atoms with Crippen molar-refractivity contribution in [3.63, 3.8) is 0 Å². The van der Waals surface area contributed by atoms with E-state index in [1.54, 1.807) is 10.4 Å². The van der Waals surface area contributed by atoms with Gasteiger partial charge in [0, 0.05) is 28.4 Å². The Morgan fingerprint density at radius 2 is 2.22 bits per heavy atom. The molecule has 3 rings (SSSR count). The highest BCUT2D eigenvalue weighted by molar-refractivity contribution is 7.12. The molecule has 18 heavy (non-hydrogen) atoms. The largest absolute Gasteiger partial charge is 0.361 e. The number of hydrogen-bond donors (Lipinski definition) is 1. The summed E-state index contributed by atoms with van der Waals surface area (Å²) in [5.74, 6) is 0.925. The summed E-state index contributed by atoms with van der Waals surface area (Å²) >= 11 is 1.97. The van der Waals surface area contributed by atoms with Crippen LogP contribution in [0.25, 0.3) is 0 Å². The van der Waals surface area contributed by atoms with Gasteiger partial charge >= 0.3 is 0 Å². The van der Waals surface area contributed by atoms with Gasteiger partial charge in [-0.25, -0.2) is 0 Å². The van der Waals surface area contributed by atoms with Crippen molar-refractivity contribution in [1.29, 1.82) is 0 Å². The summed E-state index contributed by atoms with van der Waals surface area (Å²) < 4.78 is 5.16. The molecule has 0 spiro atoms. The van der Waals surface area contributed by atoms with Crippen molar-refractivity contribution < 1.29 is 4.52 Å². The van der Waals surface area contributed by atoms with Crippen molar-refractivity contribution in [2.45, 2.75) is 46.2 Å². The zero-order valence-electron chi connectivity index (χ0n) is 10.9. The van der Waals surface area contributed by atoms with E-state index in [-0.39, 0.29) is 0 Å². The van der Waals surface area contributed by atoms with E-state index in [1.807, 2.05) is 25.2 Å². The molecule has 0 bridgehead atoms. The van der Waals surface area contributed by atoms with Crippen LogP contribution in [0.5, 0.6) is 0 Å². The second-order valence-corrected chi connectivity index (χ2v) is 6.14. The molecule has 1 aliphatic carbocycles. The van der Waals surface area contributed by atoms with Gasteiger partial charge in [-0.2, -0.15) is 0 Å². The molecular formula is C14H18N2OS. The van der Waals surface area contributed by atoms with Crippen LogP contribution < -0.4 is 5.32 Å². The summed E-state index contributed by atoms with van der Waals surface area (Å²) in [5.41, 5.74) is 3.77. The summed E-state index contributed by atoms with van der Waals surface area (Å²) in [6, 6.07) is 2.37. The van der Waals surface area contributed by atoms with E-state index in [0.717, 1.165) is 24.5 Å². The van der Waals surface area contributed by atoms with Crippen LogP contribution in [0, 0.1) is 13.8 Å². The fourth-order valence-corrected chi connectivity index (χ4v) is 3.77. The third-order valence-electron chi connectivity index (χ3n) is 3.58. The number of nitrogens with zero attached hydrogens (tertiary/aromatic N) is 1. The molecule has 0 radical (unpaired) electrons. The molecule has 0 amide bonds. The van der Waals surface area contributed by atoms with E-state index in [1.165, 1.54) is 29.7 Å². The molecule has 2 aromatic rings. The van der Waals surface area contributed by atoms with Crippen molar-refractivity contribution >= 4 is 11.3 Å². The van der Waals surface area contributed by atoms with Crippen LogP contribution >= 0.6 is 11.3 Å². The Kier molecular flexibility index (Phi) is 3.22. The Labute approximate surface area is 111 Å². The second kappa shape index (κ2) is 4.86. The van der Waals surface area contributed by atoms with Crippen molar-refractivity contribution in [3.8, 4) is 0 Å². The predicted molar refractivity (Wildman–Crippen MR) is 72.9 cm³/mol. The van der Waals surface area contributed by atoms with Crippen molar-refractivity contribution in [1.82, 2.24) is 10.5 Å². The molecule has 3 nitrogen and oxygen atoms in total. The van der Waals surface area contributed by atoms with E-state index in [9.17, 15) is 0 Å². The Morgan fingerprint density at radius 1 is 1.33 bits per heavy atom. The van der Waals surface area contributed by atoms with E-state index < -0.39 is 0 Å². The molecule has 0 unspecified atom stereocenters. The molecule has 2 aromatic heterocycles. The third-order valence-corrected chi connectivity index (χ3v) is 4.82. The topological polar surface area (TPSA) is 38.1 Å². The Morgan fingerprint density at radius 3 is 2.94 bits per heavy atom. The van der Waals surface area contributed by atoms with Crippen LogP contribution in [0.3, 0.4) is 0 Å². The second-order valence-electron chi connectivity index (χ2n) is 4.92. The molecule has 0 saturated carbocycles. The van der Waals surface area contributed by atoms with Crippen LogP contribution in [-0.4, -0.2) is 5.16 Å². The van der Waals surface area contributed by atoms with Gasteiger partial charge in [-0.3, -0.25) is 0 Å². The van der Waals surface area contributed by atoms with Gasteiger partial charge in [0.15, 0.2) is 0 Å². The summed E-state index contributed by atoms with van der Waals surface area (Å²) in [6.45, 7) is 5.75. The average Bonchev–Trinajstić information content (AvgIpc) is 2.98. The lowest BCUT2D eigenvalue weighted by molar-refractivity contribution is 0.392. The maximum absolute atomic E-state index is 5.16. The molecule has 0 aliphatic heterocycles. The molecule has 96 valence electrons. The Balaban J connectivity index is 1.58. The number of thiophene rings is 1. The number of aryl methyl sites for hydroxylation is 4. The number of fused-ring (bicyclic) bond motifs is 1. The molecule has 1 N–H and O–H groups in total. The highest BCUT2D eigenvalue weighted by Crippen LogP contribution is 2.30. The van der Waals surface area contributed by atoms with Crippen molar-refractivity contribution in [2.75, 3.05) is 0 Å². The van der Waals surface area contributed by atoms with Crippen LogP contribution in [-0.2, 0) is 25.9 Å². The first-order chi connectivity index (χ1) is 8.74. The Bertz CT molecular complexity index is 515. The van der Waals surface area contributed by atoms with Crippen molar-refractivity contribution in [2.24, 2.45) is 0 Å². The number of aromatic nitrogens is 1. The number of rotatable bonds is 4. The standard InChI is InChI=1S/C14H18N2OS/c1-9-13(10(2)17-16-9)8-15-7-12-6-11-4-3-5-14(11)18-12/h6,15H,3-5,7-8H2,1-2H3. The zero-order valence-corrected chi connectivity index (χ0v) is 11.7. The first kappa shape index (κ1) is 11.9. The van der Waals surface area contributed by atoms with E-state index in [4.69, 9.17) is 4.52 Å². The summed E-state index contributed by atoms with van der Waals surface area (Å²) in [7, 11) is 0. The molecule has 0 fully saturated rings. The minimum atomic E-state index is 0.837. The van der Waals surface area contributed by atoms with Gasteiger partial charge in [-0.15, -0.1) is 11.3 Å². The first-order valence-electron chi connectivity index (χ1n) is 6.47. The van der Waals surface area contributed by atoms with Crippen molar-refractivity contribution in [3.05, 3.63) is 38.4 Å². The fourth-order valence-electron chi connectivity index (χ4n) is 2.54. The average molecular weight is 262 g/mol. The fraction of sp³-hybridized carbons (Fsp3) is 0.500. The van der Waals surface area contributed by atoms with Gasteiger partial charge in [-0.05, 0) is 44.7 Å². The maximum atomic E-state index is 5.16. The van der Waals surface area contributed by atoms with E-state index in [2.05, 4.69) is 16.5 Å². The zero-order chi connectivity index (χ0) is 12.5. The lowest BCUT2D eigenvalue weighted by Crippen LogP contribution is -2.12. The van der Waals surface area contributed by atoms with Crippen LogP contribution in [0.2, 0.25) is 0 Å². The highest BCUT2D eigenvalue weighted by atomic mass is 32.1. The molecular weight excluding hydrogens is 244 g/mol. The molecule has 0 saturated heterocycles. The molecule has 4 heteroatoms. The molecule has 0 aromatic carbocycles. The monoisotopic (exact) mass is 262 g/mol. The molecule has 2 heterocycles.